The van der Waals surface area contributed by atoms with Gasteiger partial charge in [-0.1, -0.05) is 170 Å². The van der Waals surface area contributed by atoms with Gasteiger partial charge in [0.05, 0.1) is 23.5 Å². The number of anilines is 3. The molecule has 1 nitrogen and oxygen atoms in total. The molecule has 0 aromatic heterocycles. The smallest absolute Gasteiger partial charge is 0.0645 e. The summed E-state index contributed by atoms with van der Waals surface area (Å²) in [5, 5.41) is 7.96. The SMILES string of the molecule is [2H]c1c([2H])c([2H])c(-c2c([2H])c([2H])c(-c3c([2H])c([2H])c(N(c4ccc(-c5cc6cccc(C)c6c6ccccc56)cc4)c4cc5ccccc5c5ccccc45)c([2H])c3[2H])c([2H])c2[2H])c([2H])c1[2H]. The zero-order valence-electron chi connectivity index (χ0n) is 42.1. The third-order valence-electron chi connectivity index (χ3n) is 9.98. The Hall–Kier alpha value is -6.96. The van der Waals surface area contributed by atoms with E-state index in [4.69, 9.17) is 12.3 Å². The first-order chi connectivity index (χ1) is 32.1. The second-order valence-corrected chi connectivity index (χ2v) is 13.2. The van der Waals surface area contributed by atoms with E-state index in [2.05, 4.69) is 37.3 Å². The van der Waals surface area contributed by atoms with Crippen LogP contribution in [0, 0.1) is 6.92 Å². The zero-order valence-corrected chi connectivity index (χ0v) is 29.1. The molecule has 10 aromatic rings. The molecule has 0 bridgehead atoms. The van der Waals surface area contributed by atoms with Crippen LogP contribution in [-0.2, 0) is 0 Å². The van der Waals surface area contributed by atoms with Crippen LogP contribution in [-0.4, -0.2) is 0 Å². The number of hydrogen-bond donors (Lipinski definition) is 0. The quantitative estimate of drug-likeness (QED) is 0.156. The van der Waals surface area contributed by atoms with Gasteiger partial charge in [-0.15, -0.1) is 0 Å². The van der Waals surface area contributed by atoms with E-state index in [9.17, 15) is 5.48 Å². The van der Waals surface area contributed by atoms with E-state index >= 15 is 0 Å². The lowest BCUT2D eigenvalue weighted by Gasteiger charge is -2.28. The molecule has 0 saturated carbocycles. The molecule has 0 heterocycles. The summed E-state index contributed by atoms with van der Waals surface area (Å²) < 4.78 is 116. The predicted molar refractivity (Wildman–Crippen MR) is 232 cm³/mol. The van der Waals surface area contributed by atoms with Crippen LogP contribution in [0.25, 0.3) is 76.5 Å². The largest absolute Gasteiger partial charge is 0.310 e. The molecule has 0 radical (unpaired) electrons. The Balaban J connectivity index is 1.21. The van der Waals surface area contributed by atoms with E-state index in [0.29, 0.717) is 11.4 Å². The van der Waals surface area contributed by atoms with E-state index < -0.39 is 101 Å². The Labute approximate surface area is 334 Å². The number of nitrogens with zero attached hydrogens (tertiary/aromatic N) is 1. The summed E-state index contributed by atoms with van der Waals surface area (Å²) in [6.07, 6.45) is 0. The first kappa shape index (κ1) is 20.9. The molecule has 10 rings (SSSR count). The van der Waals surface area contributed by atoms with Crippen molar-refractivity contribution in [1.29, 1.82) is 0 Å². The molecule has 0 aliphatic rings. The van der Waals surface area contributed by atoms with Gasteiger partial charge in [-0.05, 0) is 120 Å². The minimum absolute atomic E-state index is 0.121. The minimum Gasteiger partial charge on any atom is -0.310 e. The van der Waals surface area contributed by atoms with Crippen LogP contribution in [0.4, 0.5) is 17.1 Å². The van der Waals surface area contributed by atoms with Crippen molar-refractivity contribution in [1.82, 2.24) is 0 Å². The number of hydrogen-bond acceptors (Lipinski definition) is 1. The second kappa shape index (κ2) is 13.2. The second-order valence-electron chi connectivity index (χ2n) is 13.2. The van der Waals surface area contributed by atoms with Crippen LogP contribution in [0.3, 0.4) is 0 Å². The minimum atomic E-state index is -0.769. The Kier molecular flexibility index (Phi) is 5.12. The van der Waals surface area contributed by atoms with Gasteiger partial charge in [0.25, 0.3) is 0 Å². The lowest BCUT2D eigenvalue weighted by molar-refractivity contribution is 1.30. The van der Waals surface area contributed by atoms with Gasteiger partial charge in [-0.25, -0.2) is 0 Å². The summed E-state index contributed by atoms with van der Waals surface area (Å²) in [5.41, 5.74) is 1.96. The molecule has 10 aromatic carbocycles. The van der Waals surface area contributed by atoms with Gasteiger partial charge in [0.1, 0.15) is 0 Å². The highest BCUT2D eigenvalue weighted by Gasteiger charge is 2.18. The maximum atomic E-state index is 9.68. The molecule has 0 N–H and O–H groups in total. The monoisotopic (exact) mass is 700 g/mol. The Bertz CT molecular complexity index is 3670. The average Bonchev–Trinajstić information content (AvgIpc) is 3.34. The molecule has 1 heteroatoms. The fourth-order valence-corrected chi connectivity index (χ4v) is 7.47. The third kappa shape index (κ3) is 5.50. The van der Waals surface area contributed by atoms with Crippen molar-refractivity contribution in [2.75, 3.05) is 4.90 Å². The number of aryl methyl sites for hydroxylation is 1. The van der Waals surface area contributed by atoms with Crippen molar-refractivity contribution in [2.45, 2.75) is 6.92 Å². The Morgan fingerprint density at radius 1 is 0.389 bits per heavy atom. The van der Waals surface area contributed by atoms with Crippen molar-refractivity contribution in [3.63, 3.8) is 0 Å². The maximum absolute atomic E-state index is 9.68. The Morgan fingerprint density at radius 3 is 1.65 bits per heavy atom. The molecule has 254 valence electrons. The number of fused-ring (bicyclic) bond motifs is 6. The summed E-state index contributed by atoms with van der Waals surface area (Å²) in [4.78, 5) is 1.70. The molecular formula is C53H37N. The molecule has 0 saturated heterocycles. The fraction of sp³-hybridized carbons (Fsp3) is 0.0189. The van der Waals surface area contributed by atoms with E-state index in [-0.39, 0.29) is 5.69 Å². The topological polar surface area (TPSA) is 3.24 Å². The van der Waals surface area contributed by atoms with Gasteiger partial charge < -0.3 is 4.90 Å². The van der Waals surface area contributed by atoms with Crippen LogP contribution in [0.2, 0.25) is 0 Å². The first-order valence-corrected chi connectivity index (χ1v) is 17.6. The third-order valence-corrected chi connectivity index (χ3v) is 9.98. The predicted octanol–water partition coefficient (Wildman–Crippen LogP) is 15.1. The molecule has 0 fully saturated rings. The number of benzene rings is 10. The van der Waals surface area contributed by atoms with Crippen LogP contribution in [0.15, 0.2) is 206 Å². The maximum Gasteiger partial charge on any atom is 0.0645 e. The van der Waals surface area contributed by atoms with Crippen molar-refractivity contribution >= 4 is 60.2 Å². The van der Waals surface area contributed by atoms with Gasteiger partial charge in [0, 0.05) is 16.8 Å². The molecule has 0 aliphatic carbocycles. The molecular weight excluding hydrogens is 651 g/mol. The van der Waals surface area contributed by atoms with Gasteiger partial charge in [-0.2, -0.15) is 0 Å². The van der Waals surface area contributed by atoms with E-state index in [1.165, 1.54) is 10.9 Å². The van der Waals surface area contributed by atoms with E-state index in [1.807, 2.05) is 97.1 Å². The zero-order chi connectivity index (χ0) is 47.3. The van der Waals surface area contributed by atoms with Gasteiger partial charge in [0.15, 0.2) is 0 Å². The molecule has 0 unspecified atom stereocenters. The average molecular weight is 701 g/mol. The summed E-state index contributed by atoms with van der Waals surface area (Å²) in [5.74, 6) is 0. The van der Waals surface area contributed by atoms with Gasteiger partial charge >= 0.3 is 0 Å². The van der Waals surface area contributed by atoms with Gasteiger partial charge in [-0.3, -0.25) is 0 Å². The fourth-order valence-electron chi connectivity index (χ4n) is 7.47. The van der Waals surface area contributed by atoms with Crippen LogP contribution >= 0.6 is 0 Å². The normalized spacial score (nSPS) is 14.8. The lowest BCUT2D eigenvalue weighted by atomic mass is 9.91. The molecule has 0 aliphatic heterocycles. The van der Waals surface area contributed by atoms with E-state index in [0.717, 1.165) is 48.8 Å². The standard InChI is InChI=1S/C53H37N/c1-36-12-11-16-43-34-51(48-19-8-10-21-50(48)53(36)43)41-28-32-45(33-29-41)54(52-35-42-15-5-6-17-46(42)47-18-7-9-20-49(47)52)44-30-26-40(27-31-44)39-24-22-38(23-25-39)37-13-3-2-4-14-37/h2-35H,1H3/i2D,3D,4D,13D,14D,22D,23D,24D,25D,26D,27D,30D,31D. The van der Waals surface area contributed by atoms with E-state index in [1.54, 1.807) is 4.90 Å². The van der Waals surface area contributed by atoms with Crippen molar-refractivity contribution < 1.29 is 17.8 Å². The van der Waals surface area contributed by atoms with Crippen molar-refractivity contribution in [3.05, 3.63) is 212 Å². The highest BCUT2D eigenvalue weighted by atomic mass is 15.1. The molecule has 0 amide bonds. The molecule has 54 heavy (non-hydrogen) atoms. The van der Waals surface area contributed by atoms with Crippen molar-refractivity contribution in [3.8, 4) is 33.4 Å². The van der Waals surface area contributed by atoms with Crippen LogP contribution < -0.4 is 4.90 Å². The van der Waals surface area contributed by atoms with Crippen LogP contribution in [0.1, 0.15) is 23.4 Å². The van der Waals surface area contributed by atoms with Crippen LogP contribution in [0.5, 0.6) is 0 Å². The highest BCUT2D eigenvalue weighted by Crippen LogP contribution is 2.44. The molecule has 0 spiro atoms. The Morgan fingerprint density at radius 2 is 0.944 bits per heavy atom. The molecule has 0 atom stereocenters. The summed E-state index contributed by atoms with van der Waals surface area (Å²) in [6, 6.07) is 33.0. The lowest BCUT2D eigenvalue weighted by Crippen LogP contribution is -2.10. The first-order valence-electron chi connectivity index (χ1n) is 24.1. The highest BCUT2D eigenvalue weighted by molar-refractivity contribution is 6.16. The summed E-state index contributed by atoms with van der Waals surface area (Å²) >= 11 is 0. The van der Waals surface area contributed by atoms with Crippen molar-refractivity contribution in [2.24, 2.45) is 0 Å². The van der Waals surface area contributed by atoms with Gasteiger partial charge in [0.2, 0.25) is 0 Å². The summed E-state index contributed by atoms with van der Waals surface area (Å²) in [6.45, 7) is 2.10. The number of rotatable bonds is 6. The summed E-state index contributed by atoms with van der Waals surface area (Å²) in [7, 11) is 0.